The van der Waals surface area contributed by atoms with E-state index in [4.69, 9.17) is 19.6 Å². The Balaban J connectivity index is 1.90. The van der Waals surface area contributed by atoms with Gasteiger partial charge in [-0.05, 0) is 23.6 Å². The highest BCUT2D eigenvalue weighted by molar-refractivity contribution is 5.95. The molecule has 0 fully saturated rings. The van der Waals surface area contributed by atoms with Gasteiger partial charge in [-0.25, -0.2) is 14.5 Å². The molecule has 3 aromatic rings. The van der Waals surface area contributed by atoms with Crippen LogP contribution in [0.25, 0.3) is 11.1 Å². The van der Waals surface area contributed by atoms with E-state index in [-0.39, 0.29) is 5.56 Å². The lowest BCUT2D eigenvalue weighted by atomic mass is 10.00. The molecule has 0 unspecified atom stereocenters. The minimum atomic E-state index is -0.973. The molecule has 2 heterocycles. The summed E-state index contributed by atoms with van der Waals surface area (Å²) in [6.45, 7) is 4.88. The molecule has 8 nitrogen and oxygen atoms in total. The van der Waals surface area contributed by atoms with E-state index < -0.39 is 11.8 Å². The highest BCUT2D eigenvalue weighted by Crippen LogP contribution is 2.28. The summed E-state index contributed by atoms with van der Waals surface area (Å²) >= 11 is 0. The quantitative estimate of drug-likeness (QED) is 0.446. The fraction of sp³-hybridized carbons (Fsp3) is 0.417. The van der Waals surface area contributed by atoms with Crippen molar-refractivity contribution in [1.29, 1.82) is 0 Å². The van der Waals surface area contributed by atoms with Crippen LogP contribution in [0.1, 0.15) is 60.7 Å². The number of ether oxygens (including phenoxy) is 2. The molecule has 0 radical (unpaired) electrons. The van der Waals surface area contributed by atoms with Crippen LogP contribution in [0.3, 0.4) is 0 Å². The maximum Gasteiger partial charge on any atom is 0.336 e. The van der Waals surface area contributed by atoms with Crippen LogP contribution in [0.15, 0.2) is 42.7 Å². The van der Waals surface area contributed by atoms with Gasteiger partial charge in [0.05, 0.1) is 5.56 Å². The number of methoxy groups -OCH3 is 2. The molecule has 0 aliphatic carbocycles. The van der Waals surface area contributed by atoms with Crippen molar-refractivity contribution >= 4 is 5.97 Å². The molecular formula is C24H30N4O4. The standard InChI is InChI=1S/C24H30N4O4/c1-5-7-14-28-21(26-23(27-28)24(6-2,31-3)32-4)15-17-8-10-18(11-9-17)20-16-25-13-12-19(20)22(29)30/h8-13,16H,5-7,14-15H2,1-4H3,(H,29,30). The normalized spacial score (nSPS) is 11.6. The Bertz CT molecular complexity index is 1030. The van der Waals surface area contributed by atoms with Crippen LogP contribution in [-0.4, -0.2) is 45.0 Å². The van der Waals surface area contributed by atoms with Crippen LogP contribution in [0, 0.1) is 0 Å². The van der Waals surface area contributed by atoms with Crippen molar-refractivity contribution in [3.05, 3.63) is 65.5 Å². The molecule has 2 aromatic heterocycles. The molecule has 0 spiro atoms. The summed E-state index contributed by atoms with van der Waals surface area (Å²) in [7, 11) is 3.20. The van der Waals surface area contributed by atoms with Crippen molar-refractivity contribution in [2.45, 2.75) is 51.9 Å². The molecule has 0 bridgehead atoms. The lowest BCUT2D eigenvalue weighted by molar-refractivity contribution is -0.222. The largest absolute Gasteiger partial charge is 0.478 e. The number of hydrogen-bond donors (Lipinski definition) is 1. The van der Waals surface area contributed by atoms with E-state index in [1.165, 1.54) is 12.3 Å². The minimum Gasteiger partial charge on any atom is -0.478 e. The van der Waals surface area contributed by atoms with Gasteiger partial charge in [0, 0.05) is 51.6 Å². The average Bonchev–Trinajstić information content (AvgIpc) is 3.22. The van der Waals surface area contributed by atoms with E-state index in [9.17, 15) is 9.90 Å². The zero-order chi connectivity index (χ0) is 23.1. The lowest BCUT2D eigenvalue weighted by Crippen LogP contribution is -2.31. The topological polar surface area (TPSA) is 99.4 Å². The number of aryl methyl sites for hydroxylation is 1. The third kappa shape index (κ3) is 4.87. The lowest BCUT2D eigenvalue weighted by Gasteiger charge is -2.26. The number of aromatic nitrogens is 4. The SMILES string of the molecule is CCCCn1nc(C(CC)(OC)OC)nc1Cc1ccc(-c2cnccc2C(=O)O)cc1. The third-order valence-electron chi connectivity index (χ3n) is 5.62. The number of benzene rings is 1. The molecule has 170 valence electrons. The Morgan fingerprint density at radius 2 is 1.84 bits per heavy atom. The molecule has 1 aromatic carbocycles. The van der Waals surface area contributed by atoms with Crippen LogP contribution in [0.2, 0.25) is 0 Å². The van der Waals surface area contributed by atoms with Crippen LogP contribution < -0.4 is 0 Å². The molecule has 0 aliphatic rings. The average molecular weight is 439 g/mol. The van der Waals surface area contributed by atoms with Gasteiger partial charge < -0.3 is 14.6 Å². The van der Waals surface area contributed by atoms with Crippen LogP contribution in [0.4, 0.5) is 0 Å². The molecular weight excluding hydrogens is 408 g/mol. The molecule has 32 heavy (non-hydrogen) atoms. The predicted molar refractivity (Wildman–Crippen MR) is 120 cm³/mol. The van der Waals surface area contributed by atoms with Gasteiger partial charge in [-0.2, -0.15) is 5.10 Å². The maximum absolute atomic E-state index is 11.5. The molecule has 1 N–H and O–H groups in total. The Labute approximate surface area is 188 Å². The Morgan fingerprint density at radius 3 is 2.44 bits per heavy atom. The maximum atomic E-state index is 11.5. The summed E-state index contributed by atoms with van der Waals surface area (Å²) in [5.41, 5.74) is 2.67. The van der Waals surface area contributed by atoms with Gasteiger partial charge in [0.15, 0.2) is 0 Å². The van der Waals surface area contributed by atoms with Gasteiger partial charge in [0.1, 0.15) is 5.82 Å². The summed E-state index contributed by atoms with van der Waals surface area (Å²) in [4.78, 5) is 20.4. The molecule has 0 saturated carbocycles. The molecule has 8 heteroatoms. The van der Waals surface area contributed by atoms with Gasteiger partial charge in [-0.15, -0.1) is 0 Å². The van der Waals surface area contributed by atoms with Gasteiger partial charge in [0.2, 0.25) is 11.6 Å². The predicted octanol–water partition coefficient (Wildman–Crippen LogP) is 4.28. The third-order valence-corrected chi connectivity index (χ3v) is 5.62. The fourth-order valence-electron chi connectivity index (χ4n) is 3.66. The van der Waals surface area contributed by atoms with Crippen LogP contribution >= 0.6 is 0 Å². The zero-order valence-electron chi connectivity index (χ0n) is 19.0. The highest BCUT2D eigenvalue weighted by atomic mass is 16.7. The summed E-state index contributed by atoms with van der Waals surface area (Å²) in [6.07, 6.45) is 6.27. The van der Waals surface area contributed by atoms with E-state index in [1.807, 2.05) is 35.9 Å². The molecule has 3 rings (SSSR count). The Morgan fingerprint density at radius 1 is 1.12 bits per heavy atom. The van der Waals surface area contributed by atoms with Gasteiger partial charge in [0.25, 0.3) is 0 Å². The van der Waals surface area contributed by atoms with Crippen molar-refractivity contribution in [3.63, 3.8) is 0 Å². The first-order valence-electron chi connectivity index (χ1n) is 10.8. The van der Waals surface area contributed by atoms with Gasteiger partial charge in [-0.1, -0.05) is 44.5 Å². The number of pyridine rings is 1. The summed E-state index contributed by atoms with van der Waals surface area (Å²) in [5, 5.41) is 14.1. The zero-order valence-corrected chi connectivity index (χ0v) is 19.0. The number of rotatable bonds is 11. The first kappa shape index (κ1) is 23.6. The van der Waals surface area contributed by atoms with Crippen molar-refractivity contribution < 1.29 is 19.4 Å². The monoisotopic (exact) mass is 438 g/mol. The number of carboxylic acids is 1. The van der Waals surface area contributed by atoms with E-state index >= 15 is 0 Å². The van der Waals surface area contributed by atoms with Crippen LogP contribution in [-0.2, 0) is 28.2 Å². The van der Waals surface area contributed by atoms with E-state index in [0.29, 0.717) is 24.2 Å². The molecule has 0 aliphatic heterocycles. The van der Waals surface area contributed by atoms with Crippen molar-refractivity contribution in [2.24, 2.45) is 0 Å². The van der Waals surface area contributed by atoms with E-state index in [1.54, 1.807) is 20.4 Å². The van der Waals surface area contributed by atoms with Crippen molar-refractivity contribution in [3.8, 4) is 11.1 Å². The Kier molecular flexibility index (Phi) is 7.71. The minimum absolute atomic E-state index is 0.228. The van der Waals surface area contributed by atoms with Crippen molar-refractivity contribution in [1.82, 2.24) is 19.7 Å². The molecule has 0 saturated heterocycles. The second kappa shape index (κ2) is 10.5. The fourth-order valence-corrected chi connectivity index (χ4v) is 3.66. The van der Waals surface area contributed by atoms with E-state index in [2.05, 4.69) is 11.9 Å². The van der Waals surface area contributed by atoms with E-state index in [0.717, 1.165) is 36.3 Å². The number of hydrogen-bond acceptors (Lipinski definition) is 6. The summed E-state index contributed by atoms with van der Waals surface area (Å²) in [5.74, 6) is -0.586. The number of unbranched alkanes of at least 4 members (excludes halogenated alkanes) is 1. The van der Waals surface area contributed by atoms with Gasteiger partial charge >= 0.3 is 5.97 Å². The first-order valence-corrected chi connectivity index (χ1v) is 10.8. The first-order chi connectivity index (χ1) is 15.5. The van der Waals surface area contributed by atoms with Crippen LogP contribution in [0.5, 0.6) is 0 Å². The second-order valence-electron chi connectivity index (χ2n) is 7.54. The van der Waals surface area contributed by atoms with Crippen molar-refractivity contribution in [2.75, 3.05) is 14.2 Å². The number of aromatic carboxylic acids is 1. The summed E-state index contributed by atoms with van der Waals surface area (Å²) in [6, 6.07) is 9.29. The molecule has 0 amide bonds. The second-order valence-corrected chi connectivity index (χ2v) is 7.54. The smallest absolute Gasteiger partial charge is 0.336 e. The number of nitrogens with zero attached hydrogens (tertiary/aromatic N) is 4. The summed E-state index contributed by atoms with van der Waals surface area (Å²) < 4.78 is 13.2. The molecule has 0 atom stereocenters. The Hall–Kier alpha value is -3.10. The number of carboxylic acid groups (broad SMARTS) is 1. The highest BCUT2D eigenvalue weighted by Gasteiger charge is 2.35. The van der Waals surface area contributed by atoms with Gasteiger partial charge in [-0.3, -0.25) is 4.98 Å². The number of carbonyl (C=O) groups is 1.